The summed E-state index contributed by atoms with van der Waals surface area (Å²) in [6, 6.07) is -0.0771. The fourth-order valence-electron chi connectivity index (χ4n) is 2.42. The molecule has 2 heterocycles. The third-order valence-electron chi connectivity index (χ3n) is 3.56. The summed E-state index contributed by atoms with van der Waals surface area (Å²) in [5, 5.41) is 5.38. The molecular formula is C14H21Cl2F3N4O. The second-order valence-electron chi connectivity index (χ2n) is 5.30. The number of hydrogen-bond acceptors (Lipinski definition) is 4. The van der Waals surface area contributed by atoms with Crippen LogP contribution >= 0.6 is 24.8 Å². The highest BCUT2D eigenvalue weighted by molar-refractivity contribution is 5.94. The first-order chi connectivity index (χ1) is 10.4. The van der Waals surface area contributed by atoms with Crippen LogP contribution in [0.2, 0.25) is 0 Å². The summed E-state index contributed by atoms with van der Waals surface area (Å²) in [5.74, 6) is -0.541. The standard InChI is InChI=1S/C14H19F3N4O.2ClH/c1-10-6-11(8-19-7-10)13(22)20-9-12(14(15,16)17)21-4-2-18-3-5-21;;/h6-8,12,18H,2-5,9H2,1H3,(H,20,22);2*1H. The van der Waals surface area contributed by atoms with Crippen molar-refractivity contribution in [3.63, 3.8) is 0 Å². The van der Waals surface area contributed by atoms with E-state index in [9.17, 15) is 18.0 Å². The van der Waals surface area contributed by atoms with Gasteiger partial charge >= 0.3 is 6.18 Å². The molecule has 1 unspecified atom stereocenters. The van der Waals surface area contributed by atoms with Gasteiger partial charge in [0.2, 0.25) is 0 Å². The van der Waals surface area contributed by atoms with Crippen molar-refractivity contribution >= 4 is 30.7 Å². The van der Waals surface area contributed by atoms with Gasteiger partial charge in [0.1, 0.15) is 6.04 Å². The van der Waals surface area contributed by atoms with Gasteiger partial charge in [0.25, 0.3) is 5.91 Å². The topological polar surface area (TPSA) is 57.3 Å². The quantitative estimate of drug-likeness (QED) is 0.825. The van der Waals surface area contributed by atoms with Crippen molar-refractivity contribution in [3.05, 3.63) is 29.6 Å². The highest BCUT2D eigenvalue weighted by Gasteiger charge is 2.43. The van der Waals surface area contributed by atoms with E-state index in [2.05, 4.69) is 15.6 Å². The molecule has 1 amide bonds. The molecule has 0 radical (unpaired) electrons. The van der Waals surface area contributed by atoms with Crippen LogP contribution in [-0.4, -0.2) is 60.7 Å². The normalized spacial score (nSPS) is 16.5. The van der Waals surface area contributed by atoms with Crippen LogP contribution in [0.5, 0.6) is 0 Å². The molecule has 1 atom stereocenters. The predicted molar refractivity (Wildman–Crippen MR) is 90.1 cm³/mol. The molecule has 1 aromatic heterocycles. The van der Waals surface area contributed by atoms with E-state index in [1.165, 1.54) is 11.1 Å². The number of rotatable bonds is 4. The maximum Gasteiger partial charge on any atom is 0.405 e. The molecule has 1 aliphatic heterocycles. The number of halogens is 5. The first kappa shape index (κ1) is 22.9. The summed E-state index contributed by atoms with van der Waals surface area (Å²) < 4.78 is 39.6. The molecule has 0 spiro atoms. The van der Waals surface area contributed by atoms with Crippen LogP contribution in [0.3, 0.4) is 0 Å². The maximum absolute atomic E-state index is 13.2. The average molecular weight is 389 g/mol. The SMILES string of the molecule is Cc1cncc(C(=O)NCC(N2CCNCC2)C(F)(F)F)c1.Cl.Cl. The van der Waals surface area contributed by atoms with E-state index in [-0.39, 0.29) is 30.4 Å². The molecule has 138 valence electrons. The number of amides is 1. The Morgan fingerprint density at radius 3 is 2.50 bits per heavy atom. The predicted octanol–water partition coefficient (Wildman–Crippen LogP) is 1.80. The molecule has 24 heavy (non-hydrogen) atoms. The van der Waals surface area contributed by atoms with Gasteiger partial charge in [-0.05, 0) is 18.6 Å². The Morgan fingerprint density at radius 1 is 1.33 bits per heavy atom. The fraction of sp³-hybridized carbons (Fsp3) is 0.571. The number of nitrogens with zero attached hydrogens (tertiary/aromatic N) is 2. The lowest BCUT2D eigenvalue weighted by atomic mass is 10.1. The smallest absolute Gasteiger partial charge is 0.350 e. The molecule has 2 rings (SSSR count). The van der Waals surface area contributed by atoms with E-state index in [1.54, 1.807) is 19.2 Å². The monoisotopic (exact) mass is 388 g/mol. The lowest BCUT2D eigenvalue weighted by Gasteiger charge is -2.35. The number of pyridine rings is 1. The van der Waals surface area contributed by atoms with Crippen LogP contribution < -0.4 is 10.6 Å². The van der Waals surface area contributed by atoms with Crippen LogP contribution in [0.15, 0.2) is 18.5 Å². The number of alkyl halides is 3. The Labute approximate surface area is 151 Å². The Kier molecular flexibility index (Phi) is 9.57. The van der Waals surface area contributed by atoms with Gasteiger partial charge in [-0.15, -0.1) is 24.8 Å². The zero-order valence-corrected chi connectivity index (χ0v) is 14.7. The largest absolute Gasteiger partial charge is 0.405 e. The number of hydrogen-bond donors (Lipinski definition) is 2. The molecule has 0 saturated carbocycles. The molecule has 1 aromatic rings. The van der Waals surface area contributed by atoms with Crippen molar-refractivity contribution < 1.29 is 18.0 Å². The minimum Gasteiger partial charge on any atom is -0.350 e. The first-order valence-corrected chi connectivity index (χ1v) is 7.09. The highest BCUT2D eigenvalue weighted by Crippen LogP contribution is 2.24. The summed E-state index contributed by atoms with van der Waals surface area (Å²) >= 11 is 0. The summed E-state index contributed by atoms with van der Waals surface area (Å²) in [7, 11) is 0. The molecule has 1 aliphatic rings. The van der Waals surface area contributed by atoms with E-state index in [4.69, 9.17) is 0 Å². The average Bonchev–Trinajstić information content (AvgIpc) is 2.47. The molecule has 0 bridgehead atoms. The zero-order chi connectivity index (χ0) is 16.2. The highest BCUT2D eigenvalue weighted by atomic mass is 35.5. The summed E-state index contributed by atoms with van der Waals surface area (Å²) in [4.78, 5) is 17.2. The van der Waals surface area contributed by atoms with Gasteiger partial charge in [0, 0.05) is 45.1 Å². The molecule has 5 nitrogen and oxygen atoms in total. The van der Waals surface area contributed by atoms with Crippen LogP contribution in [-0.2, 0) is 0 Å². The fourth-order valence-corrected chi connectivity index (χ4v) is 2.42. The number of aryl methyl sites for hydroxylation is 1. The molecule has 1 saturated heterocycles. The number of carbonyl (C=O) groups excluding carboxylic acids is 1. The first-order valence-electron chi connectivity index (χ1n) is 7.09. The molecule has 0 aliphatic carbocycles. The third kappa shape index (κ3) is 6.43. The van der Waals surface area contributed by atoms with Gasteiger partial charge in [-0.1, -0.05) is 0 Å². The Morgan fingerprint density at radius 2 is 1.96 bits per heavy atom. The minimum absolute atomic E-state index is 0. The van der Waals surface area contributed by atoms with Crippen molar-refractivity contribution in [2.75, 3.05) is 32.7 Å². The van der Waals surface area contributed by atoms with E-state index in [0.717, 1.165) is 5.56 Å². The second kappa shape index (κ2) is 10.0. The van der Waals surface area contributed by atoms with E-state index < -0.39 is 24.7 Å². The molecule has 10 heteroatoms. The van der Waals surface area contributed by atoms with Gasteiger partial charge in [-0.2, -0.15) is 13.2 Å². The lowest BCUT2D eigenvalue weighted by Crippen LogP contribution is -2.57. The Balaban J connectivity index is 0.00000264. The summed E-state index contributed by atoms with van der Waals surface area (Å²) in [5.41, 5.74) is 1.04. The zero-order valence-electron chi connectivity index (χ0n) is 13.1. The summed E-state index contributed by atoms with van der Waals surface area (Å²) in [6.07, 6.45) is -1.46. The minimum atomic E-state index is -4.38. The van der Waals surface area contributed by atoms with Gasteiger partial charge < -0.3 is 10.6 Å². The lowest BCUT2D eigenvalue weighted by molar-refractivity contribution is -0.183. The van der Waals surface area contributed by atoms with E-state index in [0.29, 0.717) is 26.2 Å². The van der Waals surface area contributed by atoms with Gasteiger partial charge in [0.15, 0.2) is 0 Å². The third-order valence-corrected chi connectivity index (χ3v) is 3.56. The molecule has 2 N–H and O–H groups in total. The molecule has 1 fully saturated rings. The van der Waals surface area contributed by atoms with Crippen LogP contribution in [0.4, 0.5) is 13.2 Å². The van der Waals surface area contributed by atoms with Crippen LogP contribution in [0.25, 0.3) is 0 Å². The van der Waals surface area contributed by atoms with Crippen LogP contribution in [0, 0.1) is 6.92 Å². The number of piperazine rings is 1. The van der Waals surface area contributed by atoms with E-state index >= 15 is 0 Å². The summed E-state index contributed by atoms with van der Waals surface area (Å²) in [6.45, 7) is 2.96. The number of carbonyl (C=O) groups is 1. The van der Waals surface area contributed by atoms with Crippen molar-refractivity contribution in [2.24, 2.45) is 0 Å². The van der Waals surface area contributed by atoms with Gasteiger partial charge in [-0.25, -0.2) is 0 Å². The maximum atomic E-state index is 13.2. The van der Waals surface area contributed by atoms with Gasteiger partial charge in [-0.3, -0.25) is 14.7 Å². The van der Waals surface area contributed by atoms with Crippen molar-refractivity contribution in [3.8, 4) is 0 Å². The van der Waals surface area contributed by atoms with Crippen molar-refractivity contribution in [2.45, 2.75) is 19.1 Å². The van der Waals surface area contributed by atoms with Crippen molar-refractivity contribution in [1.82, 2.24) is 20.5 Å². The molecule has 0 aromatic carbocycles. The number of aromatic nitrogens is 1. The van der Waals surface area contributed by atoms with Gasteiger partial charge in [0.05, 0.1) is 5.56 Å². The Hall–Kier alpha value is -1.09. The Bertz CT molecular complexity index is 525. The number of nitrogens with one attached hydrogen (secondary N) is 2. The van der Waals surface area contributed by atoms with Crippen molar-refractivity contribution in [1.29, 1.82) is 0 Å². The van der Waals surface area contributed by atoms with Crippen LogP contribution in [0.1, 0.15) is 15.9 Å². The van der Waals surface area contributed by atoms with E-state index in [1.807, 2.05) is 0 Å². The molecular weight excluding hydrogens is 368 g/mol. The second-order valence-corrected chi connectivity index (χ2v) is 5.30.